The molecule has 2 aliphatic heterocycles. The van der Waals surface area contributed by atoms with Crippen LogP contribution in [-0.4, -0.2) is 106 Å². The summed E-state index contributed by atoms with van der Waals surface area (Å²) in [5.74, 6) is -0.514. The van der Waals surface area contributed by atoms with Crippen LogP contribution in [0, 0.1) is 0 Å². The van der Waals surface area contributed by atoms with Crippen LogP contribution >= 0.6 is 23.1 Å². The molecular weight excluding hydrogens is 941 g/mol. The maximum absolute atomic E-state index is 13.5. The molecule has 21 heteroatoms. The van der Waals surface area contributed by atoms with E-state index in [2.05, 4.69) is 96.7 Å². The minimum absolute atomic E-state index is 0.0176. The number of hydrogen-bond donors (Lipinski definition) is 7. The van der Waals surface area contributed by atoms with Crippen molar-refractivity contribution in [3.8, 4) is 5.75 Å². The van der Waals surface area contributed by atoms with E-state index in [9.17, 15) is 23.7 Å². The van der Waals surface area contributed by atoms with E-state index in [0.717, 1.165) is 49.2 Å². The highest BCUT2D eigenvalue weighted by atomic mass is 79.9. The molecule has 1 unspecified atom stereocenters. The summed E-state index contributed by atoms with van der Waals surface area (Å²) in [6, 6.07) is 14.9. The van der Waals surface area contributed by atoms with Crippen LogP contribution in [0.1, 0.15) is 70.8 Å². The number of aromatic amines is 1. The van der Waals surface area contributed by atoms with Gasteiger partial charge in [0.15, 0.2) is 5.82 Å². The highest BCUT2D eigenvalue weighted by molar-refractivity contribution is 9.10. The molecule has 0 saturated carbocycles. The topological polar surface area (TPSA) is 250 Å². The van der Waals surface area contributed by atoms with Gasteiger partial charge in [0.2, 0.25) is 17.8 Å². The third-order valence-electron chi connectivity index (χ3n) is 11.7. The van der Waals surface area contributed by atoms with Crippen molar-refractivity contribution < 1.29 is 28.5 Å². The Balaban J connectivity index is 0.816. The molecule has 2 aliphatic rings. The zero-order valence-corrected chi connectivity index (χ0v) is 39.9. The number of imide groups is 1. The molecule has 2 fully saturated rings. The van der Waals surface area contributed by atoms with E-state index >= 15 is 0 Å². The third-order valence-corrected chi connectivity index (χ3v) is 13.8. The van der Waals surface area contributed by atoms with Crippen LogP contribution in [0.5, 0.6) is 5.75 Å². The number of benzene rings is 3. The van der Waals surface area contributed by atoms with E-state index in [-0.39, 0.29) is 35.8 Å². The van der Waals surface area contributed by atoms with E-state index < -0.39 is 24.9 Å². The highest BCUT2D eigenvalue weighted by Gasteiger charge is 2.28. The maximum atomic E-state index is 13.5. The molecule has 2 saturated heterocycles. The summed E-state index contributed by atoms with van der Waals surface area (Å²) in [5.41, 5.74) is 6.13. The van der Waals surface area contributed by atoms with Gasteiger partial charge < -0.3 is 45.8 Å². The van der Waals surface area contributed by atoms with Crippen molar-refractivity contribution in [1.29, 1.82) is 0 Å². The van der Waals surface area contributed by atoms with Crippen LogP contribution < -0.4 is 46.8 Å². The lowest BCUT2D eigenvalue weighted by Gasteiger charge is -2.35. The summed E-state index contributed by atoms with van der Waals surface area (Å²) in [5, 5.41) is 18.8. The first-order valence-electron chi connectivity index (χ1n) is 21.9. The smallest absolute Gasteiger partial charge is 0.291 e. The third kappa shape index (κ3) is 10.9. The molecule has 6 aromatic rings. The highest BCUT2D eigenvalue weighted by Crippen LogP contribution is 2.42. The van der Waals surface area contributed by atoms with Gasteiger partial charge in [-0.25, -0.2) is 9.97 Å². The Morgan fingerprint density at radius 2 is 1.70 bits per heavy atom. The molecule has 348 valence electrons. The average molecular weight is 993 g/mol. The van der Waals surface area contributed by atoms with Gasteiger partial charge in [0, 0.05) is 80.9 Å². The molecule has 8 rings (SSSR count). The lowest BCUT2D eigenvalue weighted by atomic mass is 9.90. The second-order valence-corrected chi connectivity index (χ2v) is 20.6. The number of carbonyl (C=O) groups is 4. The molecule has 4 amide bonds. The number of carbonyl (C=O) groups excluding carboxylic acids is 4. The lowest BCUT2D eigenvalue weighted by molar-refractivity contribution is -0.134. The average Bonchev–Trinajstić information content (AvgIpc) is 3.83. The van der Waals surface area contributed by atoms with Gasteiger partial charge in [-0.05, 0) is 96.4 Å². The number of aryl methyl sites for hydroxylation is 1. The van der Waals surface area contributed by atoms with Crippen molar-refractivity contribution in [2.75, 3.05) is 67.5 Å². The summed E-state index contributed by atoms with van der Waals surface area (Å²) in [4.78, 5) is 77.0. The van der Waals surface area contributed by atoms with E-state index in [1.807, 2.05) is 12.1 Å². The van der Waals surface area contributed by atoms with Gasteiger partial charge in [-0.2, -0.15) is 4.98 Å². The van der Waals surface area contributed by atoms with Crippen LogP contribution in [0.3, 0.4) is 0 Å². The van der Waals surface area contributed by atoms with Crippen molar-refractivity contribution in [3.05, 3.63) is 100 Å². The number of H-pyrrole nitrogens is 1. The van der Waals surface area contributed by atoms with E-state index in [4.69, 9.17) is 9.72 Å². The minimum atomic E-state index is -2.79. The Labute approximate surface area is 395 Å². The van der Waals surface area contributed by atoms with Crippen molar-refractivity contribution in [1.82, 2.24) is 45.9 Å². The molecule has 3 aromatic carbocycles. The quantitative estimate of drug-likeness (QED) is 0.0335. The second-order valence-electron chi connectivity index (χ2n) is 16.6. The fraction of sp³-hybridized carbons (Fsp3) is 0.326. The number of hydrogen-bond acceptors (Lipinski definition) is 15. The molecule has 0 bridgehead atoms. The Hall–Kier alpha value is -6.76. The Bertz CT molecular complexity index is 2880. The fourth-order valence-electron chi connectivity index (χ4n) is 8.31. The van der Waals surface area contributed by atoms with Crippen LogP contribution in [0.15, 0.2) is 77.8 Å². The van der Waals surface area contributed by atoms with Crippen molar-refractivity contribution >= 4 is 97.6 Å². The SMILES string of the molecule is CCc1cc(Nc2ncc(Br)c(Nc3ccc4nccnc4c3P(C)(C)=O)n2)c(OC)cc1N1CCC(NCCNC(=O)c2c[nH]c(C(=O)Nc3ccc(C4CCC(=O)NC4=O)cc3)n2)CC1. The Kier molecular flexibility index (Phi) is 14.2. The molecule has 0 radical (unpaired) electrons. The number of halogens is 1. The first-order valence-corrected chi connectivity index (χ1v) is 25.3. The van der Waals surface area contributed by atoms with Crippen molar-refractivity contribution in [2.45, 2.75) is 51.0 Å². The number of piperidine rings is 2. The summed E-state index contributed by atoms with van der Waals surface area (Å²) in [6.45, 7) is 8.12. The van der Waals surface area contributed by atoms with Gasteiger partial charge in [-0.1, -0.05) is 19.1 Å². The van der Waals surface area contributed by atoms with Crippen molar-refractivity contribution in [3.63, 3.8) is 0 Å². The second kappa shape index (κ2) is 20.4. The van der Waals surface area contributed by atoms with Crippen LogP contribution in [0.4, 0.5) is 34.5 Å². The summed E-state index contributed by atoms with van der Waals surface area (Å²) < 4.78 is 20.0. The number of anilines is 6. The molecule has 5 heterocycles. The number of nitrogens with zero attached hydrogens (tertiary/aromatic N) is 6. The largest absolute Gasteiger partial charge is 0.494 e. The van der Waals surface area contributed by atoms with Crippen LogP contribution in [0.25, 0.3) is 11.0 Å². The first kappa shape index (κ1) is 46.8. The minimum Gasteiger partial charge on any atom is -0.494 e. The van der Waals surface area contributed by atoms with Gasteiger partial charge in [0.1, 0.15) is 29.9 Å². The summed E-state index contributed by atoms with van der Waals surface area (Å²) >= 11 is 3.57. The van der Waals surface area contributed by atoms with Crippen LogP contribution in [0.2, 0.25) is 0 Å². The number of ether oxygens (including phenoxy) is 1. The summed E-state index contributed by atoms with van der Waals surface area (Å²) in [7, 11) is -1.16. The number of aromatic nitrogens is 6. The molecule has 0 aliphatic carbocycles. The van der Waals surface area contributed by atoms with E-state index in [1.54, 1.807) is 63.3 Å². The maximum Gasteiger partial charge on any atom is 0.291 e. The molecule has 3 aromatic heterocycles. The number of imidazole rings is 1. The molecule has 0 spiro atoms. The normalized spacial score (nSPS) is 15.5. The Morgan fingerprint density at radius 1 is 0.925 bits per heavy atom. The van der Waals surface area contributed by atoms with Crippen LogP contribution in [-0.2, 0) is 20.6 Å². The standard InChI is InChI=1S/C46H51BrN13O6P/c1-5-26-22-34(57-46-53-24-31(47)41(59-46)55-33-12-11-32-39(50-18-17-49-32)40(33)67(3,4)65)37(66-2)23-36(26)60-20-14-28(15-21-60)48-16-19-51-44(63)35-25-52-42(56-35)45(64)54-29-8-6-27(7-9-29)30-10-13-38(61)58-43(30)62/h6-9,11-12,17-18,22-25,28,30,48H,5,10,13-16,19-21H2,1-4H3,(H,51,63)(H,52,56)(H,54,64)(H,58,61,62)(H2,53,55,57,59). The fourth-order valence-corrected chi connectivity index (χ4v) is 9.99. The summed E-state index contributed by atoms with van der Waals surface area (Å²) in [6.07, 6.45) is 9.54. The lowest BCUT2D eigenvalue weighted by Crippen LogP contribution is -2.45. The predicted octanol–water partition coefficient (Wildman–Crippen LogP) is 5.97. The monoisotopic (exact) mass is 991 g/mol. The molecule has 7 N–H and O–H groups in total. The number of amides is 4. The number of rotatable bonds is 16. The van der Waals surface area contributed by atoms with E-state index in [0.29, 0.717) is 74.9 Å². The molecule has 1 atom stereocenters. The number of nitrogens with one attached hydrogen (secondary N) is 7. The van der Waals surface area contributed by atoms with Gasteiger partial charge in [-0.3, -0.25) is 34.5 Å². The zero-order chi connectivity index (χ0) is 47.2. The predicted molar refractivity (Wildman–Crippen MR) is 261 cm³/mol. The molecule has 19 nitrogen and oxygen atoms in total. The van der Waals surface area contributed by atoms with E-state index in [1.165, 1.54) is 6.20 Å². The zero-order valence-electron chi connectivity index (χ0n) is 37.4. The molecule has 67 heavy (non-hydrogen) atoms. The first-order chi connectivity index (χ1) is 32.3. The van der Waals surface area contributed by atoms with Crippen molar-refractivity contribution in [2.24, 2.45) is 0 Å². The van der Waals surface area contributed by atoms with Gasteiger partial charge >= 0.3 is 0 Å². The van der Waals surface area contributed by atoms with Gasteiger partial charge in [-0.15, -0.1) is 0 Å². The number of methoxy groups -OCH3 is 1. The Morgan fingerprint density at radius 3 is 2.43 bits per heavy atom. The number of fused-ring (bicyclic) bond motifs is 1. The van der Waals surface area contributed by atoms with Gasteiger partial charge in [0.25, 0.3) is 11.8 Å². The molecular formula is C46H51BrN13O6P. The van der Waals surface area contributed by atoms with Gasteiger partial charge in [0.05, 0.1) is 39.7 Å².